The van der Waals surface area contributed by atoms with E-state index in [4.69, 9.17) is 0 Å². The van der Waals surface area contributed by atoms with Crippen molar-refractivity contribution in [2.24, 2.45) is 0 Å². The molecule has 2 N–H and O–H groups in total. The molecule has 3 nitrogen and oxygen atoms in total. The van der Waals surface area contributed by atoms with Crippen LogP contribution >= 0.6 is 15.9 Å². The highest BCUT2D eigenvalue weighted by molar-refractivity contribution is 9.10. The van der Waals surface area contributed by atoms with Crippen molar-refractivity contribution in [2.45, 2.75) is 13.5 Å². The maximum atomic E-state index is 9.48. The number of halogens is 1. The number of anilines is 2. The summed E-state index contributed by atoms with van der Waals surface area (Å²) in [5, 5.41) is 12.9. The Morgan fingerprint density at radius 1 is 1.15 bits per heavy atom. The second kappa shape index (κ2) is 6.18. The summed E-state index contributed by atoms with van der Waals surface area (Å²) in [6.45, 7) is 2.82. The van der Waals surface area contributed by atoms with E-state index in [9.17, 15) is 5.11 Å². The summed E-state index contributed by atoms with van der Waals surface area (Å²) in [5.41, 5.74) is 4.65. The standard InChI is InChI=1S/C16H19BrN2O/c1-11-8-13(19(2)3)5-6-15(11)18-10-12-4-7-16(20)14(17)9-12/h4-9,18,20H,10H2,1-3H3. The van der Waals surface area contributed by atoms with Crippen molar-refractivity contribution in [2.75, 3.05) is 24.3 Å². The van der Waals surface area contributed by atoms with Crippen LogP contribution in [0.3, 0.4) is 0 Å². The number of nitrogens with one attached hydrogen (secondary N) is 1. The Morgan fingerprint density at radius 3 is 2.50 bits per heavy atom. The average Bonchev–Trinajstić information content (AvgIpc) is 2.41. The number of nitrogens with zero attached hydrogens (tertiary/aromatic N) is 1. The average molecular weight is 335 g/mol. The molecule has 0 amide bonds. The van der Waals surface area contributed by atoms with Gasteiger partial charge in [-0.3, -0.25) is 0 Å². The SMILES string of the molecule is Cc1cc(N(C)C)ccc1NCc1ccc(O)c(Br)c1. The number of aromatic hydroxyl groups is 1. The third-order valence-electron chi connectivity index (χ3n) is 3.22. The highest BCUT2D eigenvalue weighted by Crippen LogP contribution is 2.26. The summed E-state index contributed by atoms with van der Waals surface area (Å²) in [6, 6.07) is 11.9. The molecule has 0 aromatic heterocycles. The lowest BCUT2D eigenvalue weighted by molar-refractivity contribution is 0.471. The quantitative estimate of drug-likeness (QED) is 0.881. The van der Waals surface area contributed by atoms with Crippen LogP contribution < -0.4 is 10.2 Å². The monoisotopic (exact) mass is 334 g/mol. The van der Waals surface area contributed by atoms with Crippen molar-refractivity contribution in [3.8, 4) is 5.75 Å². The molecular formula is C16H19BrN2O. The number of benzene rings is 2. The summed E-state index contributed by atoms with van der Waals surface area (Å²) in [7, 11) is 4.08. The van der Waals surface area contributed by atoms with E-state index in [2.05, 4.69) is 51.3 Å². The van der Waals surface area contributed by atoms with Crippen molar-refractivity contribution < 1.29 is 5.11 Å². The summed E-state index contributed by atoms with van der Waals surface area (Å²) in [6.07, 6.45) is 0. The van der Waals surface area contributed by atoms with E-state index >= 15 is 0 Å². The molecule has 0 saturated carbocycles. The van der Waals surface area contributed by atoms with Gasteiger partial charge in [0.25, 0.3) is 0 Å². The number of aryl methyl sites for hydroxylation is 1. The van der Waals surface area contributed by atoms with Crippen molar-refractivity contribution in [1.29, 1.82) is 0 Å². The number of rotatable bonds is 4. The second-order valence-electron chi connectivity index (χ2n) is 5.03. The van der Waals surface area contributed by atoms with Crippen LogP contribution in [0.1, 0.15) is 11.1 Å². The molecular weight excluding hydrogens is 316 g/mol. The van der Waals surface area contributed by atoms with Gasteiger partial charge in [0.1, 0.15) is 5.75 Å². The number of hydrogen-bond donors (Lipinski definition) is 2. The van der Waals surface area contributed by atoms with Gasteiger partial charge < -0.3 is 15.3 Å². The highest BCUT2D eigenvalue weighted by Gasteiger charge is 2.03. The Labute approximate surface area is 128 Å². The van der Waals surface area contributed by atoms with Crippen LogP contribution in [0.15, 0.2) is 40.9 Å². The Morgan fingerprint density at radius 2 is 1.90 bits per heavy atom. The Balaban J connectivity index is 2.09. The van der Waals surface area contributed by atoms with E-state index in [1.54, 1.807) is 6.07 Å². The summed E-state index contributed by atoms with van der Waals surface area (Å²) in [4.78, 5) is 2.09. The molecule has 4 heteroatoms. The highest BCUT2D eigenvalue weighted by atomic mass is 79.9. The van der Waals surface area contributed by atoms with Gasteiger partial charge in [0.2, 0.25) is 0 Å². The molecule has 0 aliphatic rings. The molecule has 20 heavy (non-hydrogen) atoms. The van der Waals surface area contributed by atoms with E-state index in [1.165, 1.54) is 11.3 Å². The largest absolute Gasteiger partial charge is 0.507 e. The molecule has 2 rings (SSSR count). The van der Waals surface area contributed by atoms with Crippen molar-refractivity contribution in [3.05, 3.63) is 52.0 Å². The van der Waals surface area contributed by atoms with Gasteiger partial charge in [-0.15, -0.1) is 0 Å². The fraction of sp³-hybridized carbons (Fsp3) is 0.250. The van der Waals surface area contributed by atoms with E-state index in [0.29, 0.717) is 0 Å². The molecule has 0 saturated heterocycles. The normalized spacial score (nSPS) is 10.4. The molecule has 0 bridgehead atoms. The Bertz CT molecular complexity index is 611. The van der Waals surface area contributed by atoms with Crippen LogP contribution in [0.25, 0.3) is 0 Å². The van der Waals surface area contributed by atoms with Gasteiger partial charge in [0, 0.05) is 32.0 Å². The lowest BCUT2D eigenvalue weighted by Crippen LogP contribution is -2.09. The first-order chi connectivity index (χ1) is 9.47. The minimum absolute atomic E-state index is 0.264. The molecule has 106 valence electrons. The van der Waals surface area contributed by atoms with Crippen molar-refractivity contribution in [3.63, 3.8) is 0 Å². The van der Waals surface area contributed by atoms with Crippen LogP contribution in [0.4, 0.5) is 11.4 Å². The number of phenols is 1. The van der Waals surface area contributed by atoms with Gasteiger partial charge in [-0.2, -0.15) is 0 Å². The lowest BCUT2D eigenvalue weighted by atomic mass is 10.1. The molecule has 0 atom stereocenters. The molecule has 0 spiro atoms. The summed E-state index contributed by atoms with van der Waals surface area (Å²) < 4.78 is 0.719. The number of phenolic OH excluding ortho intramolecular Hbond substituents is 1. The summed E-state index contributed by atoms with van der Waals surface area (Å²) in [5.74, 6) is 0.264. The van der Waals surface area contributed by atoms with Crippen molar-refractivity contribution >= 4 is 27.3 Å². The third-order valence-corrected chi connectivity index (χ3v) is 3.86. The van der Waals surface area contributed by atoms with E-state index in [1.807, 2.05) is 26.2 Å². The molecule has 0 radical (unpaired) electrons. The molecule has 2 aromatic rings. The Hall–Kier alpha value is -1.68. The second-order valence-corrected chi connectivity index (χ2v) is 5.89. The van der Waals surface area contributed by atoms with Crippen LogP contribution in [-0.2, 0) is 6.54 Å². The minimum Gasteiger partial charge on any atom is -0.507 e. The summed E-state index contributed by atoms with van der Waals surface area (Å²) >= 11 is 3.33. The molecule has 0 heterocycles. The maximum absolute atomic E-state index is 9.48. The van der Waals surface area contributed by atoms with Gasteiger partial charge in [-0.25, -0.2) is 0 Å². The van der Waals surface area contributed by atoms with E-state index in [-0.39, 0.29) is 5.75 Å². The minimum atomic E-state index is 0.264. The van der Waals surface area contributed by atoms with Crippen molar-refractivity contribution in [1.82, 2.24) is 0 Å². The third kappa shape index (κ3) is 3.45. The van der Waals surface area contributed by atoms with Gasteiger partial charge in [0.15, 0.2) is 0 Å². The number of hydrogen-bond acceptors (Lipinski definition) is 3. The van der Waals surface area contributed by atoms with E-state index < -0.39 is 0 Å². The van der Waals surface area contributed by atoms with Crippen LogP contribution in [0.2, 0.25) is 0 Å². The topological polar surface area (TPSA) is 35.5 Å². The molecule has 0 aliphatic carbocycles. The molecule has 0 fully saturated rings. The molecule has 2 aromatic carbocycles. The zero-order valence-electron chi connectivity index (χ0n) is 11.9. The van der Waals surface area contributed by atoms with Crippen LogP contribution in [0.5, 0.6) is 5.75 Å². The fourth-order valence-electron chi connectivity index (χ4n) is 1.98. The Kier molecular flexibility index (Phi) is 4.55. The predicted molar refractivity (Wildman–Crippen MR) is 88.6 cm³/mol. The smallest absolute Gasteiger partial charge is 0.129 e. The van der Waals surface area contributed by atoms with Crippen LogP contribution in [-0.4, -0.2) is 19.2 Å². The van der Waals surface area contributed by atoms with Gasteiger partial charge in [0.05, 0.1) is 4.47 Å². The zero-order valence-corrected chi connectivity index (χ0v) is 13.5. The first-order valence-electron chi connectivity index (χ1n) is 6.46. The fourth-order valence-corrected chi connectivity index (χ4v) is 2.41. The molecule has 0 aliphatic heterocycles. The van der Waals surface area contributed by atoms with Gasteiger partial charge >= 0.3 is 0 Å². The lowest BCUT2D eigenvalue weighted by Gasteiger charge is -2.16. The molecule has 0 unspecified atom stereocenters. The van der Waals surface area contributed by atoms with Crippen LogP contribution in [0, 0.1) is 6.92 Å². The maximum Gasteiger partial charge on any atom is 0.129 e. The van der Waals surface area contributed by atoms with Gasteiger partial charge in [-0.1, -0.05) is 6.07 Å². The first kappa shape index (κ1) is 14.7. The zero-order chi connectivity index (χ0) is 14.7. The predicted octanol–water partition coefficient (Wildman–Crippen LogP) is 4.14. The van der Waals surface area contributed by atoms with E-state index in [0.717, 1.165) is 22.3 Å². The first-order valence-corrected chi connectivity index (χ1v) is 7.26. The van der Waals surface area contributed by atoms with Gasteiger partial charge in [-0.05, 0) is 64.3 Å².